The maximum absolute atomic E-state index is 5.84. The first-order valence-corrected chi connectivity index (χ1v) is 5.31. The number of para-hydroxylation sites is 1. The van der Waals surface area contributed by atoms with Crippen molar-refractivity contribution in [1.29, 1.82) is 0 Å². The number of halogens is 1. The average molecular weight is 234 g/mol. The molecule has 0 unspecified atom stereocenters. The minimum absolute atomic E-state index is 0.408. The summed E-state index contributed by atoms with van der Waals surface area (Å²) in [5, 5.41) is 8.01. The first-order valence-electron chi connectivity index (χ1n) is 4.93. The molecule has 4 heteroatoms. The van der Waals surface area contributed by atoms with Crippen molar-refractivity contribution < 1.29 is 0 Å². The van der Waals surface area contributed by atoms with Crippen LogP contribution in [0.3, 0.4) is 0 Å². The van der Waals surface area contributed by atoms with Crippen molar-refractivity contribution in [2.75, 3.05) is 19.0 Å². The van der Waals surface area contributed by atoms with Crippen LogP contribution in [0.15, 0.2) is 36.5 Å². The first-order chi connectivity index (χ1) is 7.68. The molecule has 0 aliphatic heterocycles. The molecule has 0 bridgehead atoms. The molecule has 2 aromatic rings. The van der Waals surface area contributed by atoms with Gasteiger partial charge in [0.15, 0.2) is 5.15 Å². The zero-order valence-electron chi connectivity index (χ0n) is 9.18. The van der Waals surface area contributed by atoms with Crippen molar-refractivity contribution in [1.82, 2.24) is 10.2 Å². The highest BCUT2D eigenvalue weighted by Crippen LogP contribution is 2.29. The average Bonchev–Trinajstić information content (AvgIpc) is 2.29. The molecule has 1 heterocycles. The van der Waals surface area contributed by atoms with Crippen molar-refractivity contribution in [3.8, 4) is 11.1 Å². The second kappa shape index (κ2) is 4.49. The lowest BCUT2D eigenvalue weighted by Crippen LogP contribution is -2.09. The van der Waals surface area contributed by atoms with E-state index in [1.807, 2.05) is 38.4 Å². The third-order valence-electron chi connectivity index (χ3n) is 2.32. The number of aromatic nitrogens is 2. The van der Waals surface area contributed by atoms with Crippen LogP contribution in [0.4, 0.5) is 5.69 Å². The van der Waals surface area contributed by atoms with Crippen LogP contribution in [-0.2, 0) is 0 Å². The molecule has 0 N–H and O–H groups in total. The van der Waals surface area contributed by atoms with Crippen LogP contribution >= 0.6 is 11.6 Å². The van der Waals surface area contributed by atoms with Gasteiger partial charge in [0.05, 0.1) is 6.20 Å². The topological polar surface area (TPSA) is 29.0 Å². The molecule has 0 atom stereocenters. The van der Waals surface area contributed by atoms with E-state index in [1.165, 1.54) is 0 Å². The summed E-state index contributed by atoms with van der Waals surface area (Å²) in [6.07, 6.45) is 1.72. The van der Waals surface area contributed by atoms with Crippen LogP contribution in [0.25, 0.3) is 11.1 Å². The van der Waals surface area contributed by atoms with Gasteiger partial charge in [-0.05, 0) is 12.1 Å². The van der Waals surface area contributed by atoms with E-state index in [1.54, 1.807) is 6.20 Å². The van der Waals surface area contributed by atoms with Gasteiger partial charge in [-0.2, -0.15) is 5.10 Å². The third kappa shape index (κ3) is 2.14. The van der Waals surface area contributed by atoms with E-state index in [2.05, 4.69) is 21.2 Å². The summed E-state index contributed by atoms with van der Waals surface area (Å²) in [7, 11) is 4.02. The van der Waals surface area contributed by atoms with Crippen LogP contribution in [-0.4, -0.2) is 24.3 Å². The third-order valence-corrected chi connectivity index (χ3v) is 2.51. The van der Waals surface area contributed by atoms with Crippen molar-refractivity contribution in [2.45, 2.75) is 0 Å². The second-order valence-electron chi connectivity index (χ2n) is 3.68. The molecule has 0 spiro atoms. The minimum Gasteiger partial charge on any atom is -0.377 e. The molecule has 16 heavy (non-hydrogen) atoms. The normalized spacial score (nSPS) is 10.2. The van der Waals surface area contributed by atoms with E-state index in [-0.39, 0.29) is 0 Å². The highest BCUT2D eigenvalue weighted by Gasteiger charge is 2.06. The second-order valence-corrected chi connectivity index (χ2v) is 4.07. The lowest BCUT2D eigenvalue weighted by molar-refractivity contribution is 1.03. The molecule has 1 aromatic carbocycles. The molecular weight excluding hydrogens is 222 g/mol. The van der Waals surface area contributed by atoms with E-state index in [4.69, 9.17) is 11.6 Å². The Morgan fingerprint density at radius 2 is 1.94 bits per heavy atom. The molecule has 82 valence electrons. The lowest BCUT2D eigenvalue weighted by Gasteiger charge is -2.17. The van der Waals surface area contributed by atoms with Gasteiger partial charge < -0.3 is 4.90 Å². The fraction of sp³-hybridized carbons (Fsp3) is 0.167. The standard InChI is InChI=1S/C12H12ClN3/c1-16(2)11-6-4-3-5-10(11)9-7-12(13)15-14-8-9/h3-8H,1-2H3. The number of nitrogens with zero attached hydrogens (tertiary/aromatic N) is 3. The van der Waals surface area contributed by atoms with Crippen LogP contribution in [0, 0.1) is 0 Å². The molecule has 0 radical (unpaired) electrons. The molecule has 3 nitrogen and oxygen atoms in total. The Labute approximate surface area is 99.7 Å². The fourth-order valence-corrected chi connectivity index (χ4v) is 1.76. The molecule has 0 aliphatic carbocycles. The monoisotopic (exact) mass is 233 g/mol. The van der Waals surface area contributed by atoms with E-state index in [0.717, 1.165) is 16.8 Å². The van der Waals surface area contributed by atoms with Gasteiger partial charge in [-0.3, -0.25) is 0 Å². The van der Waals surface area contributed by atoms with Crippen molar-refractivity contribution in [3.05, 3.63) is 41.7 Å². The van der Waals surface area contributed by atoms with E-state index in [0.29, 0.717) is 5.15 Å². The Hall–Kier alpha value is -1.61. The predicted molar refractivity (Wildman–Crippen MR) is 66.8 cm³/mol. The summed E-state index contributed by atoms with van der Waals surface area (Å²) in [5.74, 6) is 0. The predicted octanol–water partition coefficient (Wildman–Crippen LogP) is 2.86. The summed E-state index contributed by atoms with van der Waals surface area (Å²) >= 11 is 5.84. The summed E-state index contributed by atoms with van der Waals surface area (Å²) < 4.78 is 0. The van der Waals surface area contributed by atoms with Gasteiger partial charge in [0.1, 0.15) is 0 Å². The SMILES string of the molecule is CN(C)c1ccccc1-c1cnnc(Cl)c1. The Bertz CT molecular complexity index is 497. The van der Waals surface area contributed by atoms with Gasteiger partial charge in [0, 0.05) is 30.9 Å². The summed E-state index contributed by atoms with van der Waals surface area (Å²) in [6, 6.07) is 9.93. The number of rotatable bonds is 2. The molecule has 0 aliphatic rings. The number of hydrogen-bond donors (Lipinski definition) is 0. The molecule has 2 rings (SSSR count). The van der Waals surface area contributed by atoms with Gasteiger partial charge in [-0.15, -0.1) is 5.10 Å². The van der Waals surface area contributed by atoms with Crippen LogP contribution in [0.2, 0.25) is 5.15 Å². The van der Waals surface area contributed by atoms with Gasteiger partial charge >= 0.3 is 0 Å². The van der Waals surface area contributed by atoms with Crippen LogP contribution in [0.5, 0.6) is 0 Å². The molecule has 0 amide bonds. The Morgan fingerprint density at radius 1 is 1.19 bits per heavy atom. The maximum Gasteiger partial charge on any atom is 0.152 e. The fourth-order valence-electron chi connectivity index (χ4n) is 1.60. The quantitative estimate of drug-likeness (QED) is 0.799. The Morgan fingerprint density at radius 3 is 2.62 bits per heavy atom. The van der Waals surface area contributed by atoms with Crippen molar-refractivity contribution in [2.24, 2.45) is 0 Å². The van der Waals surface area contributed by atoms with Gasteiger partial charge in [-0.25, -0.2) is 0 Å². The largest absolute Gasteiger partial charge is 0.377 e. The van der Waals surface area contributed by atoms with Gasteiger partial charge in [0.25, 0.3) is 0 Å². The summed E-state index contributed by atoms with van der Waals surface area (Å²) in [6.45, 7) is 0. The van der Waals surface area contributed by atoms with E-state index < -0.39 is 0 Å². The molecule has 1 aromatic heterocycles. The summed E-state index contributed by atoms with van der Waals surface area (Å²) in [5.41, 5.74) is 3.21. The smallest absolute Gasteiger partial charge is 0.152 e. The number of hydrogen-bond acceptors (Lipinski definition) is 3. The highest BCUT2D eigenvalue weighted by molar-refractivity contribution is 6.29. The summed E-state index contributed by atoms with van der Waals surface area (Å²) in [4.78, 5) is 2.06. The first kappa shape index (κ1) is 10.9. The zero-order valence-corrected chi connectivity index (χ0v) is 9.94. The van der Waals surface area contributed by atoms with Crippen molar-refractivity contribution >= 4 is 17.3 Å². The molecule has 0 fully saturated rings. The Balaban J connectivity index is 2.55. The zero-order chi connectivity index (χ0) is 11.5. The van der Waals surface area contributed by atoms with Gasteiger partial charge in [-0.1, -0.05) is 29.8 Å². The number of anilines is 1. The van der Waals surface area contributed by atoms with Gasteiger partial charge in [0.2, 0.25) is 0 Å². The van der Waals surface area contributed by atoms with Crippen LogP contribution in [0.1, 0.15) is 0 Å². The Kier molecular flexibility index (Phi) is 3.06. The van der Waals surface area contributed by atoms with E-state index >= 15 is 0 Å². The number of benzene rings is 1. The van der Waals surface area contributed by atoms with E-state index in [9.17, 15) is 0 Å². The maximum atomic E-state index is 5.84. The highest BCUT2D eigenvalue weighted by atomic mass is 35.5. The minimum atomic E-state index is 0.408. The van der Waals surface area contributed by atoms with Crippen LogP contribution < -0.4 is 4.90 Å². The van der Waals surface area contributed by atoms with Crippen molar-refractivity contribution in [3.63, 3.8) is 0 Å². The lowest BCUT2D eigenvalue weighted by atomic mass is 10.1. The molecular formula is C12H12ClN3. The molecule has 0 saturated carbocycles. The molecule has 0 saturated heterocycles.